The first-order chi connectivity index (χ1) is 14.6. The molecule has 1 unspecified atom stereocenters. The Kier molecular flexibility index (Phi) is 6.36. The molecule has 5 nitrogen and oxygen atoms in total. The van der Waals surface area contributed by atoms with Gasteiger partial charge in [0.2, 0.25) is 0 Å². The number of ether oxygens (including phenoxy) is 1. The summed E-state index contributed by atoms with van der Waals surface area (Å²) >= 11 is 0. The Balaban J connectivity index is 1.33. The average Bonchev–Trinajstić information content (AvgIpc) is 3.09. The van der Waals surface area contributed by atoms with Crippen molar-refractivity contribution in [1.29, 1.82) is 0 Å². The smallest absolute Gasteiger partial charge is 0.407 e. The standard InChI is InChI=1S/C25H29NO4/c27-24(28)18(14-17-8-2-1-3-9-17)15-26-25(29)30-16-23-21-12-6-4-10-19(21)20-11-5-7-13-22(20)23/h4-7,10-13,17-18,23H,1-3,8-9,14-16H2,(H,26,29)(H,27,28). The number of nitrogens with one attached hydrogen (secondary N) is 1. The summed E-state index contributed by atoms with van der Waals surface area (Å²) < 4.78 is 5.52. The molecule has 0 radical (unpaired) electrons. The van der Waals surface area contributed by atoms with E-state index in [1.54, 1.807) is 0 Å². The first kappa shape index (κ1) is 20.5. The molecular formula is C25H29NO4. The van der Waals surface area contributed by atoms with Crippen LogP contribution in [0.3, 0.4) is 0 Å². The summed E-state index contributed by atoms with van der Waals surface area (Å²) in [5.41, 5.74) is 4.68. The Morgan fingerprint density at radius 3 is 2.17 bits per heavy atom. The molecule has 4 rings (SSSR count). The third kappa shape index (κ3) is 4.50. The highest BCUT2D eigenvalue weighted by molar-refractivity contribution is 5.79. The van der Waals surface area contributed by atoms with E-state index in [1.807, 2.05) is 24.3 Å². The van der Waals surface area contributed by atoms with E-state index in [4.69, 9.17) is 4.74 Å². The lowest BCUT2D eigenvalue weighted by atomic mass is 9.83. The van der Waals surface area contributed by atoms with E-state index in [2.05, 4.69) is 29.6 Å². The number of rotatable bonds is 7. The zero-order chi connectivity index (χ0) is 20.9. The SMILES string of the molecule is O=C(NCC(CC1CCCCC1)C(=O)O)OCC1c2ccccc2-c2ccccc21. The van der Waals surface area contributed by atoms with Gasteiger partial charge in [0.05, 0.1) is 5.92 Å². The van der Waals surface area contributed by atoms with Gasteiger partial charge in [-0.15, -0.1) is 0 Å². The van der Waals surface area contributed by atoms with E-state index in [1.165, 1.54) is 30.4 Å². The number of carbonyl (C=O) groups excluding carboxylic acids is 1. The Bertz CT molecular complexity index is 858. The second kappa shape index (κ2) is 9.33. The van der Waals surface area contributed by atoms with E-state index >= 15 is 0 Å². The molecule has 0 spiro atoms. The van der Waals surface area contributed by atoms with Crippen LogP contribution >= 0.6 is 0 Å². The van der Waals surface area contributed by atoms with Crippen molar-refractivity contribution in [3.63, 3.8) is 0 Å². The number of carboxylic acids is 1. The molecule has 0 bridgehead atoms. The number of aliphatic carboxylic acids is 1. The third-order valence-electron chi connectivity index (χ3n) is 6.53. The molecule has 0 heterocycles. The number of alkyl carbamates (subject to hydrolysis) is 1. The highest BCUT2D eigenvalue weighted by Crippen LogP contribution is 2.44. The van der Waals surface area contributed by atoms with Crippen LogP contribution in [0.15, 0.2) is 48.5 Å². The zero-order valence-electron chi connectivity index (χ0n) is 17.2. The van der Waals surface area contributed by atoms with Gasteiger partial charge in [-0.25, -0.2) is 4.79 Å². The molecular weight excluding hydrogens is 378 g/mol. The van der Waals surface area contributed by atoms with Gasteiger partial charge in [0.15, 0.2) is 0 Å². The monoisotopic (exact) mass is 407 g/mol. The van der Waals surface area contributed by atoms with Crippen molar-refractivity contribution in [2.45, 2.75) is 44.4 Å². The number of hydrogen-bond acceptors (Lipinski definition) is 3. The van der Waals surface area contributed by atoms with Gasteiger partial charge in [-0.05, 0) is 34.6 Å². The first-order valence-corrected chi connectivity index (χ1v) is 10.9. The van der Waals surface area contributed by atoms with Crippen LogP contribution in [0.1, 0.15) is 55.6 Å². The fraction of sp³-hybridized carbons (Fsp3) is 0.440. The molecule has 0 aliphatic heterocycles. The van der Waals surface area contributed by atoms with Gasteiger partial charge in [0.25, 0.3) is 0 Å². The van der Waals surface area contributed by atoms with Crippen LogP contribution in [-0.4, -0.2) is 30.3 Å². The summed E-state index contributed by atoms with van der Waals surface area (Å²) in [5, 5.41) is 12.2. The van der Waals surface area contributed by atoms with Crippen LogP contribution in [0.2, 0.25) is 0 Å². The van der Waals surface area contributed by atoms with Gasteiger partial charge in [-0.3, -0.25) is 4.79 Å². The summed E-state index contributed by atoms with van der Waals surface area (Å²) in [6, 6.07) is 16.4. The lowest BCUT2D eigenvalue weighted by Gasteiger charge is -2.24. The van der Waals surface area contributed by atoms with E-state index < -0.39 is 18.0 Å². The van der Waals surface area contributed by atoms with Crippen LogP contribution in [0.25, 0.3) is 11.1 Å². The summed E-state index contributed by atoms with van der Waals surface area (Å²) in [6.45, 7) is 0.350. The van der Waals surface area contributed by atoms with Crippen molar-refractivity contribution in [2.75, 3.05) is 13.2 Å². The molecule has 1 amide bonds. The van der Waals surface area contributed by atoms with Crippen LogP contribution in [-0.2, 0) is 9.53 Å². The Labute approximate surface area is 177 Å². The molecule has 30 heavy (non-hydrogen) atoms. The van der Waals surface area contributed by atoms with Gasteiger partial charge in [-0.1, -0.05) is 80.6 Å². The van der Waals surface area contributed by atoms with Crippen molar-refractivity contribution >= 4 is 12.1 Å². The number of carboxylic acid groups (broad SMARTS) is 1. The second-order valence-corrected chi connectivity index (χ2v) is 8.48. The highest BCUT2D eigenvalue weighted by Gasteiger charge is 2.29. The van der Waals surface area contributed by atoms with Crippen LogP contribution in [0, 0.1) is 11.8 Å². The molecule has 1 fully saturated rings. The first-order valence-electron chi connectivity index (χ1n) is 10.9. The van der Waals surface area contributed by atoms with Crippen molar-refractivity contribution in [3.05, 3.63) is 59.7 Å². The van der Waals surface area contributed by atoms with Crippen molar-refractivity contribution in [3.8, 4) is 11.1 Å². The largest absolute Gasteiger partial charge is 0.481 e. The maximum Gasteiger partial charge on any atom is 0.407 e. The normalized spacial score (nSPS) is 17.1. The molecule has 2 aliphatic carbocycles. The topological polar surface area (TPSA) is 75.6 Å². The minimum atomic E-state index is -0.848. The van der Waals surface area contributed by atoms with Gasteiger partial charge in [0.1, 0.15) is 6.61 Å². The Hall–Kier alpha value is -2.82. The maximum atomic E-state index is 12.3. The van der Waals surface area contributed by atoms with Crippen molar-refractivity contribution < 1.29 is 19.4 Å². The minimum Gasteiger partial charge on any atom is -0.481 e. The molecule has 2 aromatic rings. The molecule has 0 aromatic heterocycles. The third-order valence-corrected chi connectivity index (χ3v) is 6.53. The summed E-state index contributed by atoms with van der Waals surface area (Å²) in [5.74, 6) is -0.960. The van der Waals surface area contributed by atoms with Gasteiger partial charge in [0, 0.05) is 12.5 Å². The number of amides is 1. The van der Waals surface area contributed by atoms with Gasteiger partial charge in [-0.2, -0.15) is 0 Å². The molecule has 2 aliphatic rings. The molecule has 1 saturated carbocycles. The second-order valence-electron chi connectivity index (χ2n) is 8.48. The fourth-order valence-electron chi connectivity index (χ4n) is 4.95. The zero-order valence-corrected chi connectivity index (χ0v) is 17.2. The number of benzene rings is 2. The van der Waals surface area contributed by atoms with E-state index in [0.717, 1.165) is 24.0 Å². The number of fused-ring (bicyclic) bond motifs is 3. The van der Waals surface area contributed by atoms with Crippen LogP contribution in [0.4, 0.5) is 4.79 Å². The molecule has 0 saturated heterocycles. The Morgan fingerprint density at radius 2 is 1.57 bits per heavy atom. The minimum absolute atomic E-state index is 0.000611. The molecule has 1 atom stereocenters. The quantitative estimate of drug-likeness (QED) is 0.662. The van der Waals surface area contributed by atoms with Crippen molar-refractivity contribution in [2.24, 2.45) is 11.8 Å². The lowest BCUT2D eigenvalue weighted by Crippen LogP contribution is -2.35. The summed E-state index contributed by atoms with van der Waals surface area (Å²) in [7, 11) is 0. The van der Waals surface area contributed by atoms with Crippen LogP contribution < -0.4 is 5.32 Å². The Morgan fingerprint density at radius 1 is 0.967 bits per heavy atom. The predicted octanol–water partition coefficient (Wildman–Crippen LogP) is 5.20. The highest BCUT2D eigenvalue weighted by atomic mass is 16.5. The van der Waals surface area contributed by atoms with Gasteiger partial charge >= 0.3 is 12.1 Å². The molecule has 2 N–H and O–H groups in total. The fourth-order valence-corrected chi connectivity index (χ4v) is 4.95. The van der Waals surface area contributed by atoms with E-state index in [0.29, 0.717) is 12.3 Å². The number of carbonyl (C=O) groups is 2. The van der Waals surface area contributed by atoms with E-state index in [9.17, 15) is 14.7 Å². The molecule has 5 heteroatoms. The maximum absolute atomic E-state index is 12.3. The average molecular weight is 408 g/mol. The van der Waals surface area contributed by atoms with Gasteiger partial charge < -0.3 is 15.2 Å². The summed E-state index contributed by atoms with van der Waals surface area (Å²) in [6.07, 6.45) is 5.86. The lowest BCUT2D eigenvalue weighted by molar-refractivity contribution is -0.142. The van der Waals surface area contributed by atoms with Crippen molar-refractivity contribution in [1.82, 2.24) is 5.32 Å². The van der Waals surface area contributed by atoms with Crippen LogP contribution in [0.5, 0.6) is 0 Å². The summed E-state index contributed by atoms with van der Waals surface area (Å²) in [4.78, 5) is 24.0. The molecule has 158 valence electrons. The van der Waals surface area contributed by atoms with E-state index in [-0.39, 0.29) is 19.1 Å². The molecule has 2 aromatic carbocycles. The number of hydrogen-bond donors (Lipinski definition) is 2. The predicted molar refractivity (Wildman–Crippen MR) is 115 cm³/mol.